The monoisotopic (exact) mass is 276 g/mol. The summed E-state index contributed by atoms with van der Waals surface area (Å²) in [4.78, 5) is 11.6. The highest BCUT2D eigenvalue weighted by Gasteiger charge is 2.14. The van der Waals surface area contributed by atoms with Gasteiger partial charge in [-0.3, -0.25) is 4.79 Å². The van der Waals surface area contributed by atoms with Crippen molar-refractivity contribution in [3.63, 3.8) is 0 Å². The number of amides is 1. The first-order valence-corrected chi connectivity index (χ1v) is 7.42. The fourth-order valence-electron chi connectivity index (χ4n) is 2.44. The molecular formula is C16H24N2O2. The van der Waals surface area contributed by atoms with E-state index in [-0.39, 0.29) is 5.91 Å². The molecule has 1 aliphatic carbocycles. The van der Waals surface area contributed by atoms with Gasteiger partial charge in [-0.1, -0.05) is 31.4 Å². The number of benzene rings is 1. The molecule has 0 heterocycles. The Morgan fingerprint density at radius 3 is 2.85 bits per heavy atom. The van der Waals surface area contributed by atoms with Crippen LogP contribution in [0.25, 0.3) is 0 Å². The van der Waals surface area contributed by atoms with E-state index in [0.717, 1.165) is 11.3 Å². The van der Waals surface area contributed by atoms with E-state index in [0.29, 0.717) is 12.7 Å². The van der Waals surface area contributed by atoms with Crippen molar-refractivity contribution in [1.82, 2.24) is 0 Å². The molecule has 3 N–H and O–H groups in total. The van der Waals surface area contributed by atoms with Crippen molar-refractivity contribution in [3.8, 4) is 0 Å². The van der Waals surface area contributed by atoms with Gasteiger partial charge in [-0.15, -0.1) is 0 Å². The second-order valence-corrected chi connectivity index (χ2v) is 5.55. The second-order valence-electron chi connectivity index (χ2n) is 5.55. The van der Waals surface area contributed by atoms with E-state index in [4.69, 9.17) is 10.5 Å². The van der Waals surface area contributed by atoms with Crippen molar-refractivity contribution in [2.45, 2.75) is 57.8 Å². The molecule has 0 unspecified atom stereocenters. The molecule has 1 aliphatic rings. The molecule has 1 aromatic carbocycles. The van der Waals surface area contributed by atoms with Crippen molar-refractivity contribution >= 4 is 11.6 Å². The molecule has 110 valence electrons. The Kier molecular flexibility index (Phi) is 5.56. The number of nitrogens with one attached hydrogen (secondary N) is 1. The quantitative estimate of drug-likeness (QED) is 0.869. The number of rotatable bonds is 5. The van der Waals surface area contributed by atoms with Gasteiger partial charge in [0.15, 0.2) is 0 Å². The van der Waals surface area contributed by atoms with Crippen LogP contribution >= 0.6 is 0 Å². The summed E-state index contributed by atoms with van der Waals surface area (Å²) in [6, 6.07) is 7.26. The van der Waals surface area contributed by atoms with Crippen LogP contribution < -0.4 is 11.1 Å². The van der Waals surface area contributed by atoms with E-state index in [2.05, 4.69) is 5.32 Å². The SMILES string of the molecule is C[C@H](N)C(=O)Nc1cccc(COC2CCCCC2)c1. The largest absolute Gasteiger partial charge is 0.374 e. The number of hydrogen-bond acceptors (Lipinski definition) is 3. The molecule has 0 aromatic heterocycles. The predicted molar refractivity (Wildman–Crippen MR) is 80.4 cm³/mol. The second kappa shape index (κ2) is 7.41. The Hall–Kier alpha value is -1.39. The first-order chi connectivity index (χ1) is 9.65. The summed E-state index contributed by atoms with van der Waals surface area (Å²) in [6.45, 7) is 2.28. The molecule has 0 radical (unpaired) electrons. The molecule has 1 atom stereocenters. The fourth-order valence-corrected chi connectivity index (χ4v) is 2.44. The number of nitrogens with two attached hydrogens (primary N) is 1. The molecule has 1 fully saturated rings. The summed E-state index contributed by atoms with van der Waals surface area (Å²) >= 11 is 0. The summed E-state index contributed by atoms with van der Waals surface area (Å²) in [5.41, 5.74) is 7.40. The van der Waals surface area contributed by atoms with Gasteiger partial charge in [0, 0.05) is 5.69 Å². The number of ether oxygens (including phenoxy) is 1. The number of carbonyl (C=O) groups is 1. The van der Waals surface area contributed by atoms with Gasteiger partial charge < -0.3 is 15.8 Å². The molecule has 20 heavy (non-hydrogen) atoms. The third-order valence-electron chi connectivity index (χ3n) is 3.65. The van der Waals surface area contributed by atoms with Crippen molar-refractivity contribution in [1.29, 1.82) is 0 Å². The highest BCUT2D eigenvalue weighted by Crippen LogP contribution is 2.22. The third-order valence-corrected chi connectivity index (χ3v) is 3.65. The summed E-state index contributed by atoms with van der Waals surface area (Å²) in [7, 11) is 0. The Morgan fingerprint density at radius 2 is 2.15 bits per heavy atom. The molecule has 0 saturated heterocycles. The van der Waals surface area contributed by atoms with Gasteiger partial charge in [-0.2, -0.15) is 0 Å². The minimum Gasteiger partial charge on any atom is -0.374 e. The zero-order valence-electron chi connectivity index (χ0n) is 12.1. The van der Waals surface area contributed by atoms with Crippen LogP contribution in [0, 0.1) is 0 Å². The van der Waals surface area contributed by atoms with Gasteiger partial charge >= 0.3 is 0 Å². The van der Waals surface area contributed by atoms with Crippen LogP contribution in [0.4, 0.5) is 5.69 Å². The van der Waals surface area contributed by atoms with Crippen LogP contribution in [0.1, 0.15) is 44.6 Å². The topological polar surface area (TPSA) is 64.4 Å². The van der Waals surface area contributed by atoms with Crippen LogP contribution in [-0.2, 0) is 16.1 Å². The van der Waals surface area contributed by atoms with E-state index >= 15 is 0 Å². The van der Waals surface area contributed by atoms with E-state index < -0.39 is 6.04 Å². The Bertz CT molecular complexity index is 440. The summed E-state index contributed by atoms with van der Waals surface area (Å²) < 4.78 is 5.94. The van der Waals surface area contributed by atoms with E-state index in [1.165, 1.54) is 32.1 Å². The van der Waals surface area contributed by atoms with Gasteiger partial charge in [-0.05, 0) is 37.5 Å². The lowest BCUT2D eigenvalue weighted by molar-refractivity contribution is -0.117. The minimum absolute atomic E-state index is 0.171. The predicted octanol–water partition coefficient (Wildman–Crippen LogP) is 2.82. The molecule has 1 saturated carbocycles. The van der Waals surface area contributed by atoms with E-state index in [9.17, 15) is 4.79 Å². The molecule has 4 nitrogen and oxygen atoms in total. The molecule has 0 aliphatic heterocycles. The van der Waals surface area contributed by atoms with Crippen LogP contribution in [0.3, 0.4) is 0 Å². The minimum atomic E-state index is -0.503. The first kappa shape index (κ1) is 15.0. The van der Waals surface area contributed by atoms with Crippen LogP contribution in [0.2, 0.25) is 0 Å². The lowest BCUT2D eigenvalue weighted by atomic mass is 9.98. The smallest absolute Gasteiger partial charge is 0.240 e. The molecular weight excluding hydrogens is 252 g/mol. The normalized spacial score (nSPS) is 17.7. The van der Waals surface area contributed by atoms with E-state index in [1.54, 1.807) is 6.92 Å². The average molecular weight is 276 g/mol. The summed E-state index contributed by atoms with van der Waals surface area (Å²) in [5.74, 6) is -0.171. The van der Waals surface area contributed by atoms with Gasteiger partial charge in [0.1, 0.15) is 0 Å². The zero-order chi connectivity index (χ0) is 14.4. The van der Waals surface area contributed by atoms with Crippen molar-refractivity contribution < 1.29 is 9.53 Å². The molecule has 4 heteroatoms. The first-order valence-electron chi connectivity index (χ1n) is 7.42. The van der Waals surface area contributed by atoms with E-state index in [1.807, 2.05) is 24.3 Å². The third kappa shape index (κ3) is 4.62. The molecule has 0 spiro atoms. The Labute approximate surface area is 120 Å². The molecule has 2 rings (SSSR count). The zero-order valence-corrected chi connectivity index (χ0v) is 12.1. The number of carbonyl (C=O) groups excluding carboxylic acids is 1. The molecule has 0 bridgehead atoms. The van der Waals surface area contributed by atoms with Crippen molar-refractivity contribution in [2.24, 2.45) is 5.73 Å². The van der Waals surface area contributed by atoms with Gasteiger partial charge in [0.2, 0.25) is 5.91 Å². The summed E-state index contributed by atoms with van der Waals surface area (Å²) in [6.07, 6.45) is 6.61. The summed E-state index contributed by atoms with van der Waals surface area (Å²) in [5, 5.41) is 2.80. The standard InChI is InChI=1S/C16H24N2O2/c1-12(17)16(19)18-14-7-5-6-13(10-14)11-20-15-8-3-2-4-9-15/h5-7,10,12,15H,2-4,8-9,11,17H2,1H3,(H,18,19)/t12-/m0/s1. The maximum atomic E-state index is 11.6. The van der Waals surface area contributed by atoms with Crippen LogP contribution in [0.5, 0.6) is 0 Å². The van der Waals surface area contributed by atoms with Gasteiger partial charge in [0.25, 0.3) is 0 Å². The molecule has 1 aromatic rings. The van der Waals surface area contributed by atoms with Gasteiger partial charge in [-0.25, -0.2) is 0 Å². The maximum Gasteiger partial charge on any atom is 0.240 e. The van der Waals surface area contributed by atoms with Crippen molar-refractivity contribution in [3.05, 3.63) is 29.8 Å². The number of hydrogen-bond donors (Lipinski definition) is 2. The van der Waals surface area contributed by atoms with Crippen LogP contribution in [-0.4, -0.2) is 18.1 Å². The Morgan fingerprint density at radius 1 is 1.40 bits per heavy atom. The lowest BCUT2D eigenvalue weighted by Gasteiger charge is -2.22. The average Bonchev–Trinajstić information content (AvgIpc) is 2.46. The van der Waals surface area contributed by atoms with Crippen LogP contribution in [0.15, 0.2) is 24.3 Å². The van der Waals surface area contributed by atoms with Gasteiger partial charge in [0.05, 0.1) is 18.8 Å². The highest BCUT2D eigenvalue weighted by atomic mass is 16.5. The van der Waals surface area contributed by atoms with Crippen molar-refractivity contribution in [2.75, 3.05) is 5.32 Å². The maximum absolute atomic E-state index is 11.6. The highest BCUT2D eigenvalue weighted by molar-refractivity contribution is 5.94. The lowest BCUT2D eigenvalue weighted by Crippen LogP contribution is -2.32. The number of anilines is 1. The molecule has 1 amide bonds. The Balaban J connectivity index is 1.87. The fraction of sp³-hybridized carbons (Fsp3) is 0.562.